The Balaban J connectivity index is 2.16. The van der Waals surface area contributed by atoms with Gasteiger partial charge in [-0.1, -0.05) is 0 Å². The highest BCUT2D eigenvalue weighted by Crippen LogP contribution is 2.42. The van der Waals surface area contributed by atoms with Crippen LogP contribution >= 0.6 is 0 Å². The van der Waals surface area contributed by atoms with Gasteiger partial charge in [0.1, 0.15) is 22.4 Å². The second-order valence-electron chi connectivity index (χ2n) is 8.08. The molecule has 4 rings (SSSR count). The van der Waals surface area contributed by atoms with Crippen LogP contribution in [0.5, 0.6) is 46.0 Å². The summed E-state index contributed by atoms with van der Waals surface area (Å²) in [5.41, 5.74) is 1.66. The van der Waals surface area contributed by atoms with Crippen LogP contribution in [0.1, 0.15) is 0 Å². The SMILES string of the molecule is COc1cc(OC)c2c(=Nc3cc(OC)c(OC)c(OC)c3)c(OC)c(-c3ccc(OC)c(OC)c3)oc2c1. The van der Waals surface area contributed by atoms with Crippen LogP contribution in [0.3, 0.4) is 0 Å². The molecule has 0 radical (unpaired) electrons. The highest BCUT2D eigenvalue weighted by atomic mass is 16.5. The molecule has 0 N–H and O–H groups in total. The van der Waals surface area contributed by atoms with Crippen LogP contribution in [0.15, 0.2) is 51.9 Å². The third kappa shape index (κ3) is 5.05. The fourth-order valence-corrected chi connectivity index (χ4v) is 4.26. The van der Waals surface area contributed by atoms with Crippen LogP contribution < -0.4 is 43.3 Å². The van der Waals surface area contributed by atoms with Gasteiger partial charge in [0.2, 0.25) is 5.75 Å². The van der Waals surface area contributed by atoms with Gasteiger partial charge in [0.05, 0.1) is 68.0 Å². The Labute approximate surface area is 226 Å². The molecule has 4 aromatic rings. The number of hydrogen-bond acceptors (Lipinski definition) is 10. The summed E-state index contributed by atoms with van der Waals surface area (Å²) in [5.74, 6) is 4.26. The number of nitrogens with zero attached hydrogens (tertiary/aromatic N) is 1. The van der Waals surface area contributed by atoms with E-state index in [9.17, 15) is 0 Å². The van der Waals surface area contributed by atoms with Gasteiger partial charge in [0.15, 0.2) is 34.5 Å². The summed E-state index contributed by atoms with van der Waals surface area (Å²) in [5, 5.41) is 1.03. The van der Waals surface area contributed by atoms with Crippen molar-refractivity contribution in [1.29, 1.82) is 0 Å². The van der Waals surface area contributed by atoms with Gasteiger partial charge >= 0.3 is 0 Å². The Bertz CT molecular complexity index is 1530. The summed E-state index contributed by atoms with van der Waals surface area (Å²) in [6.07, 6.45) is 0. The zero-order valence-corrected chi connectivity index (χ0v) is 23.2. The van der Waals surface area contributed by atoms with E-state index in [1.165, 1.54) is 0 Å². The monoisotopic (exact) mass is 537 g/mol. The van der Waals surface area contributed by atoms with Crippen molar-refractivity contribution in [3.05, 3.63) is 47.8 Å². The molecule has 0 saturated heterocycles. The molecule has 0 aliphatic rings. The molecule has 0 unspecified atom stereocenters. The molecule has 0 saturated carbocycles. The Kier molecular flexibility index (Phi) is 8.24. The second kappa shape index (κ2) is 11.8. The van der Waals surface area contributed by atoms with E-state index in [0.29, 0.717) is 79.3 Å². The van der Waals surface area contributed by atoms with E-state index in [4.69, 9.17) is 47.3 Å². The molecule has 10 nitrogen and oxygen atoms in total. The van der Waals surface area contributed by atoms with Gasteiger partial charge < -0.3 is 42.3 Å². The van der Waals surface area contributed by atoms with E-state index in [1.54, 1.807) is 93.3 Å². The smallest absolute Gasteiger partial charge is 0.203 e. The van der Waals surface area contributed by atoms with Crippen LogP contribution in [-0.4, -0.2) is 56.9 Å². The third-order valence-electron chi connectivity index (χ3n) is 6.11. The molecule has 206 valence electrons. The van der Waals surface area contributed by atoms with Gasteiger partial charge in [0.25, 0.3) is 0 Å². The Morgan fingerprint density at radius 2 is 1.15 bits per heavy atom. The number of benzene rings is 3. The van der Waals surface area contributed by atoms with Crippen molar-refractivity contribution in [1.82, 2.24) is 0 Å². The van der Waals surface area contributed by atoms with E-state index < -0.39 is 0 Å². The number of ether oxygens (including phenoxy) is 8. The summed E-state index contributed by atoms with van der Waals surface area (Å²) in [6, 6.07) is 12.4. The van der Waals surface area contributed by atoms with E-state index in [2.05, 4.69) is 0 Å². The van der Waals surface area contributed by atoms with Crippen LogP contribution in [0.4, 0.5) is 5.69 Å². The minimum atomic E-state index is 0.368. The lowest BCUT2D eigenvalue weighted by atomic mass is 10.1. The standard InChI is InChI=1S/C29H31NO9/c1-31-18-14-21(34-4)25-22(15-18)39-27(16-9-10-19(32-2)20(11-16)33-3)29(38-8)26(25)30-17-12-23(35-5)28(37-7)24(13-17)36-6/h9-15H,1-8H3. The van der Waals surface area contributed by atoms with Gasteiger partial charge in [0, 0.05) is 29.8 Å². The molecule has 1 aromatic heterocycles. The lowest BCUT2D eigenvalue weighted by Crippen LogP contribution is -2.11. The maximum absolute atomic E-state index is 6.42. The lowest BCUT2D eigenvalue weighted by Gasteiger charge is -2.16. The molecular formula is C29H31NO9. The maximum Gasteiger partial charge on any atom is 0.203 e. The largest absolute Gasteiger partial charge is 0.496 e. The van der Waals surface area contributed by atoms with Gasteiger partial charge in [-0.3, -0.25) is 0 Å². The van der Waals surface area contributed by atoms with Gasteiger partial charge in [-0.25, -0.2) is 4.99 Å². The predicted octanol–water partition coefficient (Wildman–Crippen LogP) is 5.40. The molecule has 0 atom stereocenters. The summed E-state index contributed by atoms with van der Waals surface area (Å²) in [7, 11) is 12.5. The summed E-state index contributed by atoms with van der Waals surface area (Å²) in [4.78, 5) is 4.98. The molecule has 0 aliphatic heterocycles. The topological polar surface area (TPSA) is 99.3 Å². The lowest BCUT2D eigenvalue weighted by molar-refractivity contribution is 0.324. The fraction of sp³-hybridized carbons (Fsp3) is 0.276. The molecule has 0 fully saturated rings. The molecule has 0 amide bonds. The third-order valence-corrected chi connectivity index (χ3v) is 6.11. The molecule has 1 heterocycles. The molecule has 10 heteroatoms. The summed E-state index contributed by atoms with van der Waals surface area (Å²) >= 11 is 0. The molecule has 3 aromatic carbocycles. The average molecular weight is 538 g/mol. The number of rotatable bonds is 10. The fourth-order valence-electron chi connectivity index (χ4n) is 4.26. The van der Waals surface area contributed by atoms with Crippen LogP contribution in [0.2, 0.25) is 0 Å². The average Bonchev–Trinajstić information content (AvgIpc) is 2.98. The van der Waals surface area contributed by atoms with Gasteiger partial charge in [-0.2, -0.15) is 0 Å². The normalized spacial score (nSPS) is 11.2. The maximum atomic E-state index is 6.42. The van der Waals surface area contributed by atoms with E-state index in [1.807, 2.05) is 6.07 Å². The first-order valence-corrected chi connectivity index (χ1v) is 11.8. The van der Waals surface area contributed by atoms with E-state index in [0.717, 1.165) is 0 Å². The molecule has 0 aliphatic carbocycles. The van der Waals surface area contributed by atoms with Gasteiger partial charge in [-0.05, 0) is 18.2 Å². The predicted molar refractivity (Wildman–Crippen MR) is 146 cm³/mol. The van der Waals surface area contributed by atoms with Gasteiger partial charge in [-0.15, -0.1) is 0 Å². The molecule has 0 bridgehead atoms. The first kappa shape index (κ1) is 27.3. The van der Waals surface area contributed by atoms with Crippen molar-refractivity contribution in [2.24, 2.45) is 4.99 Å². The van der Waals surface area contributed by atoms with Crippen molar-refractivity contribution in [2.45, 2.75) is 0 Å². The van der Waals surface area contributed by atoms with E-state index >= 15 is 0 Å². The Morgan fingerprint density at radius 1 is 0.538 bits per heavy atom. The summed E-state index contributed by atoms with van der Waals surface area (Å²) < 4.78 is 51.0. The minimum absolute atomic E-state index is 0.368. The van der Waals surface area contributed by atoms with Crippen molar-refractivity contribution in [3.8, 4) is 57.3 Å². The molecule has 0 spiro atoms. The van der Waals surface area contributed by atoms with Crippen molar-refractivity contribution >= 4 is 16.7 Å². The highest BCUT2D eigenvalue weighted by Gasteiger charge is 2.22. The zero-order chi connectivity index (χ0) is 28.1. The first-order chi connectivity index (χ1) is 19.0. The summed E-state index contributed by atoms with van der Waals surface area (Å²) in [6.45, 7) is 0. The quantitative estimate of drug-likeness (QED) is 0.263. The number of fused-ring (bicyclic) bond motifs is 1. The molecule has 39 heavy (non-hydrogen) atoms. The van der Waals surface area contributed by atoms with Crippen molar-refractivity contribution in [3.63, 3.8) is 0 Å². The Morgan fingerprint density at radius 3 is 1.69 bits per heavy atom. The van der Waals surface area contributed by atoms with E-state index in [-0.39, 0.29) is 0 Å². The number of methoxy groups -OCH3 is 8. The highest BCUT2D eigenvalue weighted by molar-refractivity contribution is 5.89. The first-order valence-electron chi connectivity index (χ1n) is 11.8. The van der Waals surface area contributed by atoms with Crippen LogP contribution in [0, 0.1) is 0 Å². The van der Waals surface area contributed by atoms with Crippen LogP contribution in [-0.2, 0) is 0 Å². The second-order valence-corrected chi connectivity index (χ2v) is 8.08. The Hall–Kier alpha value is -4.73. The number of hydrogen-bond donors (Lipinski definition) is 0. The van der Waals surface area contributed by atoms with Crippen molar-refractivity contribution < 1.29 is 42.3 Å². The van der Waals surface area contributed by atoms with Crippen LogP contribution in [0.25, 0.3) is 22.3 Å². The van der Waals surface area contributed by atoms with Crippen molar-refractivity contribution in [2.75, 3.05) is 56.9 Å². The zero-order valence-electron chi connectivity index (χ0n) is 23.2. The minimum Gasteiger partial charge on any atom is -0.496 e. The molecular weight excluding hydrogens is 506 g/mol.